The Balaban J connectivity index is 1.56. The van der Waals surface area contributed by atoms with Crippen LogP contribution in [0.4, 0.5) is 0 Å². The quantitative estimate of drug-likeness (QED) is 0.372. The Bertz CT molecular complexity index is 1190. The highest BCUT2D eigenvalue weighted by Gasteiger charge is 2.30. The molecule has 1 unspecified atom stereocenters. The number of rotatable bonds is 6. The van der Waals surface area contributed by atoms with E-state index in [2.05, 4.69) is 25.3 Å². The van der Waals surface area contributed by atoms with E-state index in [9.17, 15) is 0 Å². The number of nitrogens with zero attached hydrogens (tertiary/aromatic N) is 6. The van der Waals surface area contributed by atoms with E-state index in [1.807, 2.05) is 48.7 Å². The van der Waals surface area contributed by atoms with Gasteiger partial charge in [-0.15, -0.1) is 10.2 Å². The molecule has 1 aliphatic carbocycles. The van der Waals surface area contributed by atoms with Gasteiger partial charge in [0.1, 0.15) is 0 Å². The van der Waals surface area contributed by atoms with Crippen LogP contribution in [0.15, 0.2) is 52.4 Å². The third kappa shape index (κ3) is 3.61. The summed E-state index contributed by atoms with van der Waals surface area (Å²) in [4.78, 5) is 8.69. The van der Waals surface area contributed by atoms with Crippen molar-refractivity contribution in [2.45, 2.75) is 43.0 Å². The van der Waals surface area contributed by atoms with Gasteiger partial charge in [-0.3, -0.25) is 9.55 Å². The molecule has 1 atom stereocenters. The van der Waals surface area contributed by atoms with E-state index in [0.717, 1.165) is 46.5 Å². The SMILES string of the molecule is Cc1c(Cl)cccc1-n1c(SC(C)c2nc(C3CC3)no2)nnc1-c1ccncc1. The molecule has 0 spiro atoms. The fourth-order valence-electron chi connectivity index (χ4n) is 3.22. The number of pyridine rings is 1. The molecule has 4 aromatic rings. The van der Waals surface area contributed by atoms with Crippen LogP contribution < -0.4 is 0 Å². The summed E-state index contributed by atoms with van der Waals surface area (Å²) in [5.41, 5.74) is 2.81. The molecule has 1 aliphatic rings. The third-order valence-corrected chi connectivity index (χ3v) is 6.52. The van der Waals surface area contributed by atoms with Gasteiger partial charge in [0, 0.05) is 28.9 Å². The lowest BCUT2D eigenvalue weighted by Crippen LogP contribution is -2.03. The van der Waals surface area contributed by atoms with Crippen LogP contribution in [-0.2, 0) is 0 Å². The molecule has 30 heavy (non-hydrogen) atoms. The first-order chi connectivity index (χ1) is 14.6. The van der Waals surface area contributed by atoms with E-state index in [4.69, 9.17) is 16.1 Å². The maximum atomic E-state index is 6.42. The molecule has 7 nitrogen and oxygen atoms in total. The van der Waals surface area contributed by atoms with Crippen molar-refractivity contribution in [2.75, 3.05) is 0 Å². The fourth-order valence-corrected chi connectivity index (χ4v) is 4.28. The molecule has 3 heterocycles. The molecule has 0 aliphatic heterocycles. The highest BCUT2D eigenvalue weighted by molar-refractivity contribution is 7.99. The van der Waals surface area contributed by atoms with E-state index in [1.54, 1.807) is 12.4 Å². The first kappa shape index (κ1) is 19.3. The molecule has 1 aromatic carbocycles. The Morgan fingerprint density at radius 3 is 2.73 bits per heavy atom. The number of benzene rings is 1. The number of thioether (sulfide) groups is 1. The van der Waals surface area contributed by atoms with E-state index in [0.29, 0.717) is 16.8 Å². The number of halogens is 1. The second-order valence-corrected chi connectivity index (χ2v) is 9.00. The lowest BCUT2D eigenvalue weighted by molar-refractivity contribution is 0.374. The van der Waals surface area contributed by atoms with Crippen molar-refractivity contribution in [2.24, 2.45) is 0 Å². The molecule has 1 fully saturated rings. The van der Waals surface area contributed by atoms with Crippen molar-refractivity contribution >= 4 is 23.4 Å². The van der Waals surface area contributed by atoms with E-state index >= 15 is 0 Å². The second-order valence-electron chi connectivity index (χ2n) is 7.29. The summed E-state index contributed by atoms with van der Waals surface area (Å²) in [5.74, 6) is 2.59. The molecule has 3 aromatic heterocycles. The summed E-state index contributed by atoms with van der Waals surface area (Å²) in [6.07, 6.45) is 5.76. The molecule has 0 bridgehead atoms. The molecule has 0 N–H and O–H groups in total. The van der Waals surface area contributed by atoms with Crippen molar-refractivity contribution in [3.05, 3.63) is 65.0 Å². The maximum Gasteiger partial charge on any atom is 0.239 e. The minimum absolute atomic E-state index is 0.0715. The largest absolute Gasteiger partial charge is 0.338 e. The second kappa shape index (κ2) is 7.85. The summed E-state index contributed by atoms with van der Waals surface area (Å²) in [6.45, 7) is 4.02. The van der Waals surface area contributed by atoms with E-state index in [-0.39, 0.29) is 5.25 Å². The number of aromatic nitrogens is 6. The van der Waals surface area contributed by atoms with Crippen molar-refractivity contribution in [1.82, 2.24) is 29.9 Å². The highest BCUT2D eigenvalue weighted by Crippen LogP contribution is 2.41. The van der Waals surface area contributed by atoms with Crippen LogP contribution in [0.1, 0.15) is 48.2 Å². The normalized spacial score (nSPS) is 14.8. The average Bonchev–Trinajstić information content (AvgIpc) is 3.34. The maximum absolute atomic E-state index is 6.42. The van der Waals surface area contributed by atoms with Crippen molar-refractivity contribution in [3.63, 3.8) is 0 Å². The van der Waals surface area contributed by atoms with Gasteiger partial charge < -0.3 is 4.52 Å². The van der Waals surface area contributed by atoms with E-state index in [1.165, 1.54) is 11.8 Å². The molecule has 0 amide bonds. The van der Waals surface area contributed by atoms with Crippen LogP contribution in [-0.4, -0.2) is 29.9 Å². The van der Waals surface area contributed by atoms with Gasteiger partial charge in [-0.2, -0.15) is 4.98 Å². The molecule has 152 valence electrons. The Labute approximate surface area is 182 Å². The van der Waals surface area contributed by atoms with E-state index < -0.39 is 0 Å². The zero-order valence-electron chi connectivity index (χ0n) is 16.5. The minimum Gasteiger partial charge on any atom is -0.338 e. The smallest absolute Gasteiger partial charge is 0.239 e. The van der Waals surface area contributed by atoms with Crippen LogP contribution in [0.5, 0.6) is 0 Å². The monoisotopic (exact) mass is 438 g/mol. The fraction of sp³-hybridized carbons (Fsp3) is 0.286. The molecular formula is C21H19ClN6OS. The molecule has 1 saturated carbocycles. The van der Waals surface area contributed by atoms with Gasteiger partial charge in [-0.25, -0.2) is 0 Å². The number of hydrogen-bond donors (Lipinski definition) is 0. The summed E-state index contributed by atoms with van der Waals surface area (Å²) in [6, 6.07) is 9.65. The van der Waals surface area contributed by atoms with Crippen LogP contribution in [0, 0.1) is 6.92 Å². The van der Waals surface area contributed by atoms with Gasteiger partial charge >= 0.3 is 0 Å². The summed E-state index contributed by atoms with van der Waals surface area (Å²) >= 11 is 7.95. The standard InChI is InChI=1S/C21H19ClN6OS/c1-12-16(22)4-3-5-17(12)28-19(15-8-10-23-11-9-15)25-26-21(28)30-13(2)20-24-18(27-29-20)14-6-7-14/h3-5,8-11,13-14H,6-7H2,1-2H3. The third-order valence-electron chi connectivity index (χ3n) is 5.08. The molecule has 5 rings (SSSR count). The van der Waals surface area contributed by atoms with Gasteiger partial charge in [-0.05, 0) is 56.5 Å². The van der Waals surface area contributed by atoms with Crippen molar-refractivity contribution in [3.8, 4) is 17.1 Å². The highest BCUT2D eigenvalue weighted by atomic mass is 35.5. The van der Waals surface area contributed by atoms with Gasteiger partial charge in [0.15, 0.2) is 16.8 Å². The molecular weight excluding hydrogens is 420 g/mol. The van der Waals surface area contributed by atoms with Crippen LogP contribution in [0.25, 0.3) is 17.1 Å². The average molecular weight is 439 g/mol. The van der Waals surface area contributed by atoms with Crippen molar-refractivity contribution < 1.29 is 4.52 Å². The topological polar surface area (TPSA) is 82.5 Å². The number of hydrogen-bond acceptors (Lipinski definition) is 7. The van der Waals surface area contributed by atoms with Crippen LogP contribution >= 0.6 is 23.4 Å². The predicted octanol–water partition coefficient (Wildman–Crippen LogP) is 5.40. The zero-order chi connectivity index (χ0) is 20.7. The van der Waals surface area contributed by atoms with Crippen molar-refractivity contribution in [1.29, 1.82) is 0 Å². The summed E-state index contributed by atoms with van der Waals surface area (Å²) < 4.78 is 7.53. The van der Waals surface area contributed by atoms with Crippen LogP contribution in [0.3, 0.4) is 0 Å². The molecule has 9 heteroatoms. The first-order valence-electron chi connectivity index (χ1n) is 9.73. The zero-order valence-corrected chi connectivity index (χ0v) is 18.1. The lowest BCUT2D eigenvalue weighted by atomic mass is 10.2. The van der Waals surface area contributed by atoms with Gasteiger partial charge in [-0.1, -0.05) is 34.6 Å². The summed E-state index contributed by atoms with van der Waals surface area (Å²) in [5, 5.41) is 14.4. The first-order valence-corrected chi connectivity index (χ1v) is 11.0. The Hall–Kier alpha value is -2.71. The van der Waals surface area contributed by atoms with Gasteiger partial charge in [0.05, 0.1) is 10.9 Å². The van der Waals surface area contributed by atoms with Crippen LogP contribution in [0.2, 0.25) is 5.02 Å². The Kier molecular flexibility index (Phi) is 5.04. The molecule has 0 saturated heterocycles. The Morgan fingerprint density at radius 1 is 1.17 bits per heavy atom. The lowest BCUT2D eigenvalue weighted by Gasteiger charge is -2.14. The predicted molar refractivity (Wildman–Crippen MR) is 115 cm³/mol. The Morgan fingerprint density at radius 2 is 1.97 bits per heavy atom. The van der Waals surface area contributed by atoms with Gasteiger partial charge in [0.25, 0.3) is 0 Å². The minimum atomic E-state index is -0.0715. The summed E-state index contributed by atoms with van der Waals surface area (Å²) in [7, 11) is 0. The van der Waals surface area contributed by atoms with Gasteiger partial charge in [0.2, 0.25) is 5.89 Å². The molecule has 0 radical (unpaired) electrons.